The first kappa shape index (κ1) is 20.0. The second-order valence-corrected chi connectivity index (χ2v) is 7.50. The molecule has 0 aliphatic carbocycles. The molecule has 156 valence electrons. The van der Waals surface area contributed by atoms with Gasteiger partial charge in [0.05, 0.1) is 26.0 Å². The summed E-state index contributed by atoms with van der Waals surface area (Å²) in [7, 11) is 1.63. The van der Waals surface area contributed by atoms with Gasteiger partial charge in [0.2, 0.25) is 11.1 Å². The summed E-state index contributed by atoms with van der Waals surface area (Å²) in [6, 6.07) is 15.2. The molecule has 0 radical (unpaired) electrons. The van der Waals surface area contributed by atoms with Crippen LogP contribution >= 0.6 is 11.8 Å². The van der Waals surface area contributed by atoms with Crippen LogP contribution in [0.5, 0.6) is 17.2 Å². The zero-order valence-electron chi connectivity index (χ0n) is 16.4. The molecule has 3 aromatic rings. The number of ether oxygens (including phenoxy) is 3. The van der Waals surface area contributed by atoms with Crippen molar-refractivity contribution in [3.8, 4) is 17.2 Å². The number of aromatic nitrogens is 4. The van der Waals surface area contributed by atoms with E-state index in [1.165, 1.54) is 11.8 Å². The third-order valence-corrected chi connectivity index (χ3v) is 5.37. The summed E-state index contributed by atoms with van der Waals surface area (Å²) >= 11 is 1.28. The van der Waals surface area contributed by atoms with Crippen molar-refractivity contribution in [1.82, 2.24) is 25.5 Å². The van der Waals surface area contributed by atoms with E-state index >= 15 is 0 Å². The minimum Gasteiger partial charge on any atom is -0.497 e. The monoisotopic (exact) mass is 427 g/mol. The highest BCUT2D eigenvalue weighted by Gasteiger charge is 2.21. The normalized spacial score (nSPS) is 14.9. The number of hydrogen-bond donors (Lipinski definition) is 1. The first-order valence-electron chi connectivity index (χ1n) is 9.38. The highest BCUT2D eigenvalue weighted by atomic mass is 32.2. The lowest BCUT2D eigenvalue weighted by molar-refractivity contribution is -0.119. The van der Waals surface area contributed by atoms with Crippen molar-refractivity contribution < 1.29 is 19.0 Å². The van der Waals surface area contributed by atoms with Crippen molar-refractivity contribution in [2.45, 2.75) is 17.8 Å². The van der Waals surface area contributed by atoms with Crippen molar-refractivity contribution in [3.05, 3.63) is 54.1 Å². The van der Waals surface area contributed by atoms with Crippen LogP contribution in [0.4, 0.5) is 0 Å². The van der Waals surface area contributed by atoms with Crippen molar-refractivity contribution in [1.29, 1.82) is 0 Å². The molecule has 0 spiro atoms. The highest BCUT2D eigenvalue weighted by Crippen LogP contribution is 2.30. The minimum absolute atomic E-state index is 0.124. The second kappa shape index (κ2) is 9.49. The predicted molar refractivity (Wildman–Crippen MR) is 110 cm³/mol. The smallest absolute Gasteiger partial charge is 0.230 e. The molecule has 1 atom stereocenters. The Morgan fingerprint density at radius 3 is 2.83 bits per heavy atom. The van der Waals surface area contributed by atoms with E-state index in [0.29, 0.717) is 30.6 Å². The molecule has 0 bridgehead atoms. The molecule has 4 rings (SSSR count). The molecule has 1 amide bonds. The Labute approximate surface area is 177 Å². The van der Waals surface area contributed by atoms with Gasteiger partial charge in [0.25, 0.3) is 0 Å². The first-order valence-corrected chi connectivity index (χ1v) is 10.4. The van der Waals surface area contributed by atoms with Gasteiger partial charge in [0.1, 0.15) is 18.5 Å². The third kappa shape index (κ3) is 5.01. The number of thioether (sulfide) groups is 1. The topological polar surface area (TPSA) is 100 Å². The third-order valence-electron chi connectivity index (χ3n) is 4.42. The number of rotatable bonds is 8. The zero-order chi connectivity index (χ0) is 20.8. The maximum Gasteiger partial charge on any atom is 0.230 e. The minimum atomic E-state index is -0.228. The number of carbonyl (C=O) groups is 1. The molecule has 10 heteroatoms. The number of nitrogens with zero attached hydrogens (tertiary/aromatic N) is 4. The van der Waals surface area contributed by atoms with E-state index in [-0.39, 0.29) is 17.8 Å². The van der Waals surface area contributed by atoms with E-state index < -0.39 is 0 Å². The molecule has 1 aliphatic rings. The van der Waals surface area contributed by atoms with Gasteiger partial charge in [0, 0.05) is 0 Å². The van der Waals surface area contributed by atoms with Gasteiger partial charge >= 0.3 is 0 Å². The number of methoxy groups -OCH3 is 1. The molecule has 1 aromatic heterocycles. The van der Waals surface area contributed by atoms with Crippen LogP contribution in [0.3, 0.4) is 0 Å². The lowest BCUT2D eigenvalue weighted by Crippen LogP contribution is -2.41. The van der Waals surface area contributed by atoms with Crippen LogP contribution in [0, 0.1) is 0 Å². The number of amides is 1. The summed E-state index contributed by atoms with van der Waals surface area (Å²) in [6.07, 6.45) is -0.228. The van der Waals surface area contributed by atoms with Gasteiger partial charge in [-0.1, -0.05) is 36.0 Å². The Kier molecular flexibility index (Phi) is 6.33. The van der Waals surface area contributed by atoms with E-state index in [1.807, 2.05) is 48.5 Å². The van der Waals surface area contributed by atoms with Gasteiger partial charge in [0.15, 0.2) is 11.5 Å². The standard InChI is InChI=1S/C20H21N5O4S/c1-27-15-8-6-14(7-9-15)11-25-20(22-23-24-25)30-13-19(26)21-10-16-12-28-17-4-2-3-5-18(17)29-16/h2-9,16H,10-13H2,1H3,(H,21,26)/t16-/m1/s1. The average molecular weight is 427 g/mol. The number of tetrazole rings is 1. The number of nitrogens with one attached hydrogen (secondary N) is 1. The molecule has 2 aromatic carbocycles. The van der Waals surface area contributed by atoms with Crippen LogP contribution < -0.4 is 19.5 Å². The Morgan fingerprint density at radius 2 is 2.03 bits per heavy atom. The van der Waals surface area contributed by atoms with Crippen LogP contribution in [-0.2, 0) is 11.3 Å². The van der Waals surface area contributed by atoms with Crippen molar-refractivity contribution in [2.75, 3.05) is 26.0 Å². The largest absolute Gasteiger partial charge is 0.497 e. The number of hydrogen-bond acceptors (Lipinski definition) is 8. The van der Waals surface area contributed by atoms with Crippen LogP contribution in [-0.4, -0.2) is 58.2 Å². The molecule has 9 nitrogen and oxygen atoms in total. The lowest BCUT2D eigenvalue weighted by Gasteiger charge is -2.26. The SMILES string of the molecule is COc1ccc(Cn2nnnc2SCC(=O)NC[C@@H]2COc3ccccc3O2)cc1. The summed E-state index contributed by atoms with van der Waals surface area (Å²) < 4.78 is 18.3. The number of benzene rings is 2. The molecule has 0 unspecified atom stereocenters. The molecule has 0 saturated carbocycles. The fourth-order valence-corrected chi connectivity index (χ4v) is 3.58. The lowest BCUT2D eigenvalue weighted by atomic mass is 10.2. The Morgan fingerprint density at radius 1 is 1.23 bits per heavy atom. The average Bonchev–Trinajstić information content (AvgIpc) is 3.23. The fourth-order valence-electron chi connectivity index (χ4n) is 2.88. The molecule has 1 aliphatic heterocycles. The van der Waals surface area contributed by atoms with Gasteiger partial charge in [-0.05, 0) is 40.3 Å². The van der Waals surface area contributed by atoms with E-state index in [9.17, 15) is 4.79 Å². The van der Waals surface area contributed by atoms with Crippen LogP contribution in [0.2, 0.25) is 0 Å². The molecule has 0 fully saturated rings. The van der Waals surface area contributed by atoms with Crippen molar-refractivity contribution in [2.24, 2.45) is 0 Å². The van der Waals surface area contributed by atoms with E-state index in [2.05, 4.69) is 20.8 Å². The van der Waals surface area contributed by atoms with Gasteiger partial charge in [-0.3, -0.25) is 4.79 Å². The van der Waals surface area contributed by atoms with Gasteiger partial charge in [-0.2, -0.15) is 0 Å². The Balaban J connectivity index is 1.24. The first-order chi connectivity index (χ1) is 14.7. The highest BCUT2D eigenvalue weighted by molar-refractivity contribution is 7.99. The predicted octanol–water partition coefficient (Wildman–Crippen LogP) is 1.78. The van der Waals surface area contributed by atoms with Gasteiger partial charge in [-0.25, -0.2) is 4.68 Å². The maximum absolute atomic E-state index is 12.2. The van der Waals surface area contributed by atoms with E-state index in [4.69, 9.17) is 14.2 Å². The molecular formula is C20H21N5O4S. The second-order valence-electron chi connectivity index (χ2n) is 6.56. The van der Waals surface area contributed by atoms with Crippen LogP contribution in [0.1, 0.15) is 5.56 Å². The molecule has 2 heterocycles. The van der Waals surface area contributed by atoms with Gasteiger partial charge < -0.3 is 19.5 Å². The molecule has 1 N–H and O–H groups in total. The summed E-state index contributed by atoms with van der Waals surface area (Å²) in [5, 5.41) is 15.2. The molecular weight excluding hydrogens is 406 g/mol. The van der Waals surface area contributed by atoms with Crippen LogP contribution in [0.25, 0.3) is 0 Å². The van der Waals surface area contributed by atoms with Crippen molar-refractivity contribution in [3.63, 3.8) is 0 Å². The number of fused-ring (bicyclic) bond motifs is 1. The molecule has 0 saturated heterocycles. The van der Waals surface area contributed by atoms with E-state index in [0.717, 1.165) is 17.1 Å². The summed E-state index contributed by atoms with van der Waals surface area (Å²) in [4.78, 5) is 12.2. The maximum atomic E-state index is 12.2. The van der Waals surface area contributed by atoms with Crippen LogP contribution in [0.15, 0.2) is 53.7 Å². The number of carbonyl (C=O) groups excluding carboxylic acids is 1. The number of para-hydroxylation sites is 2. The quantitative estimate of drug-likeness (QED) is 0.543. The van der Waals surface area contributed by atoms with E-state index in [1.54, 1.807) is 11.8 Å². The zero-order valence-corrected chi connectivity index (χ0v) is 17.2. The van der Waals surface area contributed by atoms with Crippen molar-refractivity contribution >= 4 is 17.7 Å². The Bertz CT molecular complexity index is 995. The summed E-state index contributed by atoms with van der Waals surface area (Å²) in [5.41, 5.74) is 1.03. The molecule has 30 heavy (non-hydrogen) atoms. The fraction of sp³-hybridized carbons (Fsp3) is 0.300. The Hall–Kier alpha value is -3.27. The summed E-state index contributed by atoms with van der Waals surface area (Å²) in [5.74, 6) is 2.28. The van der Waals surface area contributed by atoms with Gasteiger partial charge in [-0.15, -0.1) is 5.10 Å². The summed E-state index contributed by atoms with van der Waals surface area (Å²) in [6.45, 7) is 1.27.